The lowest BCUT2D eigenvalue weighted by Gasteiger charge is -2.16. The molecule has 6 heteroatoms. The third-order valence-electron chi connectivity index (χ3n) is 4.14. The van der Waals surface area contributed by atoms with Crippen molar-refractivity contribution < 1.29 is 14.3 Å². The van der Waals surface area contributed by atoms with E-state index in [2.05, 4.69) is 17.2 Å². The van der Waals surface area contributed by atoms with Crippen molar-refractivity contribution in [1.82, 2.24) is 14.7 Å². The van der Waals surface area contributed by atoms with Crippen LogP contribution in [0.25, 0.3) is 0 Å². The van der Waals surface area contributed by atoms with Gasteiger partial charge in [-0.15, -0.1) is 0 Å². The molecule has 0 saturated carbocycles. The second-order valence-corrected chi connectivity index (χ2v) is 6.25. The summed E-state index contributed by atoms with van der Waals surface area (Å²) < 4.78 is 12.5. The Morgan fingerprint density at radius 3 is 2.44 bits per heavy atom. The number of hydrogen-bond acceptors (Lipinski definition) is 4. The fourth-order valence-electron chi connectivity index (χ4n) is 2.63. The van der Waals surface area contributed by atoms with E-state index in [1.54, 1.807) is 49.5 Å². The van der Waals surface area contributed by atoms with Gasteiger partial charge in [0.25, 0.3) is 5.91 Å². The van der Waals surface area contributed by atoms with Gasteiger partial charge in [0, 0.05) is 25.4 Å². The van der Waals surface area contributed by atoms with Crippen molar-refractivity contribution in [3.8, 4) is 11.5 Å². The molecule has 0 aliphatic carbocycles. The lowest BCUT2D eigenvalue weighted by Crippen LogP contribution is -2.30. The molecule has 0 atom stereocenters. The number of amides is 1. The lowest BCUT2D eigenvalue weighted by atomic mass is 10.2. The van der Waals surface area contributed by atoms with Crippen LogP contribution in [0, 0.1) is 0 Å². The van der Waals surface area contributed by atoms with Gasteiger partial charge in [-0.3, -0.25) is 9.48 Å². The number of methoxy groups -OCH3 is 1. The molecule has 0 radical (unpaired) electrons. The molecule has 0 spiro atoms. The van der Waals surface area contributed by atoms with Crippen molar-refractivity contribution in [2.24, 2.45) is 0 Å². The molecule has 0 aliphatic rings. The molecule has 1 amide bonds. The van der Waals surface area contributed by atoms with Crippen LogP contribution >= 0.6 is 0 Å². The van der Waals surface area contributed by atoms with E-state index >= 15 is 0 Å². The van der Waals surface area contributed by atoms with Crippen LogP contribution in [-0.2, 0) is 17.9 Å². The maximum Gasteiger partial charge on any atom is 0.260 e. The van der Waals surface area contributed by atoms with Crippen molar-refractivity contribution in [2.75, 3.05) is 20.8 Å². The average Bonchev–Trinajstić information content (AvgIpc) is 3.14. The van der Waals surface area contributed by atoms with E-state index in [1.165, 1.54) is 5.56 Å². The second-order valence-electron chi connectivity index (χ2n) is 6.25. The number of hydrogen-bond donors (Lipinski definition) is 0. The zero-order chi connectivity index (χ0) is 19.1. The van der Waals surface area contributed by atoms with Crippen molar-refractivity contribution in [2.45, 2.75) is 13.1 Å². The predicted molar refractivity (Wildman–Crippen MR) is 103 cm³/mol. The van der Waals surface area contributed by atoms with E-state index in [0.717, 1.165) is 11.3 Å². The summed E-state index contributed by atoms with van der Waals surface area (Å²) in [7, 11) is 3.37. The summed E-state index contributed by atoms with van der Waals surface area (Å²) in [5.74, 6) is 1.29. The largest absolute Gasteiger partial charge is 0.497 e. The number of rotatable bonds is 8. The van der Waals surface area contributed by atoms with Crippen LogP contribution in [-0.4, -0.2) is 41.4 Å². The number of carbonyl (C=O) groups is 1. The van der Waals surface area contributed by atoms with Crippen LogP contribution in [0.15, 0.2) is 67.0 Å². The number of carbonyl (C=O) groups excluding carboxylic acids is 1. The first-order chi connectivity index (χ1) is 13.1. The van der Waals surface area contributed by atoms with Crippen molar-refractivity contribution in [3.63, 3.8) is 0 Å². The molecule has 0 fully saturated rings. The highest BCUT2D eigenvalue weighted by atomic mass is 16.5. The van der Waals surface area contributed by atoms with Gasteiger partial charge in [-0.25, -0.2) is 0 Å². The third kappa shape index (κ3) is 5.34. The van der Waals surface area contributed by atoms with E-state index in [0.29, 0.717) is 18.8 Å². The van der Waals surface area contributed by atoms with Crippen LogP contribution in [0.5, 0.6) is 11.5 Å². The Kier molecular flexibility index (Phi) is 6.10. The topological polar surface area (TPSA) is 56.6 Å². The average molecular weight is 365 g/mol. The predicted octanol–water partition coefficient (Wildman–Crippen LogP) is 2.98. The van der Waals surface area contributed by atoms with E-state index < -0.39 is 0 Å². The lowest BCUT2D eigenvalue weighted by molar-refractivity contribution is -0.132. The Hall–Kier alpha value is -3.28. The van der Waals surface area contributed by atoms with Gasteiger partial charge < -0.3 is 14.4 Å². The van der Waals surface area contributed by atoms with Gasteiger partial charge in [0.15, 0.2) is 6.61 Å². The molecule has 3 rings (SSSR count). The first-order valence-corrected chi connectivity index (χ1v) is 8.70. The van der Waals surface area contributed by atoms with Gasteiger partial charge in [-0.2, -0.15) is 5.10 Å². The minimum atomic E-state index is -0.0957. The highest BCUT2D eigenvalue weighted by Crippen LogP contribution is 2.17. The van der Waals surface area contributed by atoms with Crippen LogP contribution in [0.1, 0.15) is 11.1 Å². The molecule has 1 aromatic heterocycles. The standard InChI is InChI=1S/C21H23N3O3/c1-23(21(25)16-27-20-10-8-19(26-2)9-11-20)13-18-12-22-24(15-18)14-17-6-4-3-5-7-17/h3-12,15H,13-14,16H2,1-2H3. The summed E-state index contributed by atoms with van der Waals surface area (Å²) in [6.45, 7) is 1.18. The van der Waals surface area contributed by atoms with E-state index in [9.17, 15) is 4.79 Å². The molecule has 0 saturated heterocycles. The number of benzene rings is 2. The molecule has 140 valence electrons. The quantitative estimate of drug-likeness (QED) is 0.616. The molecular weight excluding hydrogens is 342 g/mol. The number of aromatic nitrogens is 2. The van der Waals surface area contributed by atoms with E-state index in [4.69, 9.17) is 9.47 Å². The molecule has 0 unspecified atom stereocenters. The Morgan fingerprint density at radius 2 is 1.74 bits per heavy atom. The van der Waals surface area contributed by atoms with Crippen molar-refractivity contribution in [1.29, 1.82) is 0 Å². The molecule has 6 nitrogen and oxygen atoms in total. The zero-order valence-corrected chi connectivity index (χ0v) is 15.5. The van der Waals surface area contributed by atoms with Gasteiger partial charge in [0.2, 0.25) is 0 Å². The molecule has 0 N–H and O–H groups in total. The zero-order valence-electron chi connectivity index (χ0n) is 15.5. The molecule has 2 aromatic carbocycles. The minimum Gasteiger partial charge on any atom is -0.497 e. The summed E-state index contributed by atoms with van der Waals surface area (Å²) >= 11 is 0. The molecule has 27 heavy (non-hydrogen) atoms. The molecule has 0 bridgehead atoms. The van der Waals surface area contributed by atoms with Gasteiger partial charge >= 0.3 is 0 Å². The highest BCUT2D eigenvalue weighted by Gasteiger charge is 2.11. The van der Waals surface area contributed by atoms with Crippen molar-refractivity contribution in [3.05, 3.63) is 78.1 Å². The number of likely N-dealkylation sites (N-methyl/N-ethyl adjacent to an activating group) is 1. The monoisotopic (exact) mass is 365 g/mol. The summed E-state index contributed by atoms with van der Waals surface area (Å²) in [6, 6.07) is 17.3. The smallest absolute Gasteiger partial charge is 0.260 e. The molecule has 1 heterocycles. The summed E-state index contributed by atoms with van der Waals surface area (Å²) in [5.41, 5.74) is 2.16. The number of nitrogens with zero attached hydrogens (tertiary/aromatic N) is 3. The Bertz CT molecular complexity index is 860. The maximum absolute atomic E-state index is 12.3. The van der Waals surface area contributed by atoms with Gasteiger partial charge in [0.1, 0.15) is 11.5 Å². The highest BCUT2D eigenvalue weighted by molar-refractivity contribution is 5.77. The summed E-state index contributed by atoms with van der Waals surface area (Å²) in [4.78, 5) is 13.9. The van der Waals surface area contributed by atoms with Crippen LogP contribution < -0.4 is 9.47 Å². The van der Waals surface area contributed by atoms with Crippen LogP contribution in [0.3, 0.4) is 0 Å². The summed E-state index contributed by atoms with van der Waals surface area (Å²) in [6.07, 6.45) is 3.75. The SMILES string of the molecule is COc1ccc(OCC(=O)N(C)Cc2cnn(Cc3ccccc3)c2)cc1. The van der Waals surface area contributed by atoms with E-state index in [1.807, 2.05) is 29.1 Å². The van der Waals surface area contributed by atoms with Crippen LogP contribution in [0.2, 0.25) is 0 Å². The molecule has 3 aromatic rings. The minimum absolute atomic E-state index is 0.0129. The van der Waals surface area contributed by atoms with Gasteiger partial charge in [-0.1, -0.05) is 30.3 Å². The first-order valence-electron chi connectivity index (χ1n) is 8.70. The second kappa shape index (κ2) is 8.89. The maximum atomic E-state index is 12.3. The Labute approximate surface area is 158 Å². The first kappa shape index (κ1) is 18.5. The van der Waals surface area contributed by atoms with Gasteiger partial charge in [-0.05, 0) is 29.8 Å². The molecule has 0 aliphatic heterocycles. The summed E-state index contributed by atoms with van der Waals surface area (Å²) in [5, 5.41) is 4.37. The van der Waals surface area contributed by atoms with Crippen LogP contribution in [0.4, 0.5) is 0 Å². The fourth-order valence-corrected chi connectivity index (χ4v) is 2.63. The van der Waals surface area contributed by atoms with E-state index in [-0.39, 0.29) is 12.5 Å². The molecular formula is C21H23N3O3. The fraction of sp³-hybridized carbons (Fsp3) is 0.238. The normalized spacial score (nSPS) is 10.4. The number of ether oxygens (including phenoxy) is 2. The van der Waals surface area contributed by atoms with Crippen molar-refractivity contribution >= 4 is 5.91 Å². The Balaban J connectivity index is 1.49. The third-order valence-corrected chi connectivity index (χ3v) is 4.14. The van der Waals surface area contributed by atoms with Gasteiger partial charge in [0.05, 0.1) is 19.9 Å². The Morgan fingerprint density at radius 1 is 1.04 bits per heavy atom.